The molecule has 0 radical (unpaired) electrons. The van der Waals surface area contributed by atoms with E-state index in [1.54, 1.807) is 34.8 Å². The SMILES string of the molecule is CN(Cc1ccn(C)n1)C(=O)c1cccc(COc2cccc(Cl)c2)c1. The largest absolute Gasteiger partial charge is 0.489 e. The van der Waals surface area contributed by atoms with Crippen LogP contribution >= 0.6 is 11.6 Å². The van der Waals surface area contributed by atoms with Gasteiger partial charge in [-0.3, -0.25) is 9.48 Å². The van der Waals surface area contributed by atoms with Crippen molar-refractivity contribution in [3.05, 3.63) is 82.6 Å². The number of aryl methyl sites for hydroxylation is 1. The second-order valence-electron chi connectivity index (χ2n) is 6.09. The lowest BCUT2D eigenvalue weighted by atomic mass is 10.1. The molecule has 134 valence electrons. The van der Waals surface area contributed by atoms with Gasteiger partial charge in [0.1, 0.15) is 12.4 Å². The highest BCUT2D eigenvalue weighted by molar-refractivity contribution is 6.30. The van der Waals surface area contributed by atoms with Gasteiger partial charge in [0.15, 0.2) is 0 Å². The zero-order valence-corrected chi connectivity index (χ0v) is 15.5. The molecule has 0 saturated carbocycles. The predicted molar refractivity (Wildman–Crippen MR) is 101 cm³/mol. The van der Waals surface area contributed by atoms with Crippen molar-refractivity contribution in [1.29, 1.82) is 0 Å². The van der Waals surface area contributed by atoms with Gasteiger partial charge in [-0.25, -0.2) is 0 Å². The summed E-state index contributed by atoms with van der Waals surface area (Å²) < 4.78 is 7.47. The number of rotatable bonds is 6. The molecular weight excluding hydrogens is 350 g/mol. The van der Waals surface area contributed by atoms with E-state index in [0.717, 1.165) is 11.3 Å². The summed E-state index contributed by atoms with van der Waals surface area (Å²) in [5.41, 5.74) is 2.39. The molecule has 0 aliphatic rings. The van der Waals surface area contributed by atoms with Gasteiger partial charge < -0.3 is 9.64 Å². The normalized spacial score (nSPS) is 10.6. The van der Waals surface area contributed by atoms with Gasteiger partial charge in [0.05, 0.1) is 12.2 Å². The van der Waals surface area contributed by atoms with Gasteiger partial charge >= 0.3 is 0 Å². The molecule has 5 nitrogen and oxygen atoms in total. The Balaban J connectivity index is 1.65. The summed E-state index contributed by atoms with van der Waals surface area (Å²) in [7, 11) is 3.63. The summed E-state index contributed by atoms with van der Waals surface area (Å²) in [5, 5.41) is 4.93. The first-order valence-electron chi connectivity index (χ1n) is 8.22. The third kappa shape index (κ3) is 4.64. The molecule has 0 aliphatic heterocycles. The second-order valence-corrected chi connectivity index (χ2v) is 6.52. The Labute approximate surface area is 157 Å². The average Bonchev–Trinajstić information content (AvgIpc) is 3.04. The Hall–Kier alpha value is -2.79. The van der Waals surface area contributed by atoms with Crippen LogP contribution in [0.25, 0.3) is 0 Å². The van der Waals surface area contributed by atoms with Crippen molar-refractivity contribution < 1.29 is 9.53 Å². The number of hydrogen-bond donors (Lipinski definition) is 0. The van der Waals surface area contributed by atoms with Gasteiger partial charge in [-0.05, 0) is 42.0 Å². The van der Waals surface area contributed by atoms with Gasteiger partial charge in [0.2, 0.25) is 0 Å². The van der Waals surface area contributed by atoms with Crippen LogP contribution in [0.4, 0.5) is 0 Å². The molecule has 0 spiro atoms. The topological polar surface area (TPSA) is 47.4 Å². The van der Waals surface area contributed by atoms with Crippen LogP contribution < -0.4 is 4.74 Å². The number of nitrogens with zero attached hydrogens (tertiary/aromatic N) is 3. The molecule has 1 aromatic heterocycles. The number of halogens is 1. The highest BCUT2D eigenvalue weighted by Crippen LogP contribution is 2.19. The van der Waals surface area contributed by atoms with E-state index < -0.39 is 0 Å². The fraction of sp³-hybridized carbons (Fsp3) is 0.200. The molecule has 1 heterocycles. The minimum absolute atomic E-state index is 0.0553. The van der Waals surface area contributed by atoms with Crippen LogP contribution in [0.3, 0.4) is 0 Å². The molecule has 6 heteroatoms. The van der Waals surface area contributed by atoms with Crippen LogP contribution in [0, 0.1) is 0 Å². The summed E-state index contributed by atoms with van der Waals surface area (Å²) in [4.78, 5) is 14.3. The van der Waals surface area contributed by atoms with Crippen molar-refractivity contribution in [3.63, 3.8) is 0 Å². The Morgan fingerprint density at radius 2 is 2.00 bits per heavy atom. The highest BCUT2D eigenvalue weighted by Gasteiger charge is 2.13. The Morgan fingerprint density at radius 1 is 1.19 bits per heavy atom. The minimum Gasteiger partial charge on any atom is -0.489 e. The maximum absolute atomic E-state index is 12.7. The lowest BCUT2D eigenvalue weighted by Crippen LogP contribution is -2.26. The number of carbonyl (C=O) groups excluding carboxylic acids is 1. The predicted octanol–water partition coefficient (Wildman–Crippen LogP) is 3.92. The van der Waals surface area contributed by atoms with Crippen molar-refractivity contribution in [2.24, 2.45) is 7.05 Å². The van der Waals surface area contributed by atoms with Crippen LogP contribution in [-0.4, -0.2) is 27.6 Å². The minimum atomic E-state index is -0.0553. The second kappa shape index (κ2) is 8.06. The van der Waals surface area contributed by atoms with E-state index in [-0.39, 0.29) is 5.91 Å². The molecule has 1 amide bonds. The maximum atomic E-state index is 12.7. The lowest BCUT2D eigenvalue weighted by molar-refractivity contribution is 0.0783. The first kappa shape index (κ1) is 18.0. The van der Waals surface area contributed by atoms with Crippen molar-refractivity contribution in [1.82, 2.24) is 14.7 Å². The molecule has 0 unspecified atom stereocenters. The van der Waals surface area contributed by atoms with Crippen LogP contribution in [0.5, 0.6) is 5.75 Å². The van der Waals surface area contributed by atoms with Crippen molar-refractivity contribution >= 4 is 17.5 Å². The summed E-state index contributed by atoms with van der Waals surface area (Å²) in [6.07, 6.45) is 1.86. The lowest BCUT2D eigenvalue weighted by Gasteiger charge is -2.16. The highest BCUT2D eigenvalue weighted by atomic mass is 35.5. The number of hydrogen-bond acceptors (Lipinski definition) is 3. The third-order valence-electron chi connectivity index (χ3n) is 3.89. The number of aromatic nitrogens is 2. The Bertz CT molecular complexity index is 907. The Morgan fingerprint density at radius 3 is 2.73 bits per heavy atom. The summed E-state index contributed by atoms with van der Waals surface area (Å²) in [6.45, 7) is 0.828. The zero-order valence-electron chi connectivity index (χ0n) is 14.7. The van der Waals surface area contributed by atoms with Crippen molar-refractivity contribution in [3.8, 4) is 5.75 Å². The fourth-order valence-corrected chi connectivity index (χ4v) is 2.78. The summed E-state index contributed by atoms with van der Waals surface area (Å²) >= 11 is 5.96. The summed E-state index contributed by atoms with van der Waals surface area (Å²) in [6, 6.07) is 16.6. The van der Waals surface area contributed by atoms with Crippen molar-refractivity contribution in [2.75, 3.05) is 7.05 Å². The standard InChI is InChI=1S/C20H20ClN3O2/c1-23(13-18-9-10-24(2)22-18)20(25)16-6-3-5-15(11-16)14-26-19-8-4-7-17(21)12-19/h3-12H,13-14H2,1-2H3. The quantitative estimate of drug-likeness (QED) is 0.661. The van der Waals surface area contributed by atoms with E-state index >= 15 is 0 Å². The molecule has 0 saturated heterocycles. The molecule has 0 atom stereocenters. The van der Waals surface area contributed by atoms with Gasteiger partial charge in [-0.15, -0.1) is 0 Å². The molecule has 26 heavy (non-hydrogen) atoms. The van der Waals surface area contributed by atoms with Crippen LogP contribution in [-0.2, 0) is 20.2 Å². The first-order chi connectivity index (χ1) is 12.5. The van der Waals surface area contributed by atoms with E-state index in [2.05, 4.69) is 5.10 Å². The van der Waals surface area contributed by atoms with Gasteiger partial charge in [0.25, 0.3) is 5.91 Å². The molecule has 0 N–H and O–H groups in total. The number of amides is 1. The number of carbonyl (C=O) groups is 1. The third-order valence-corrected chi connectivity index (χ3v) is 4.13. The molecular formula is C20H20ClN3O2. The maximum Gasteiger partial charge on any atom is 0.253 e. The molecule has 0 fully saturated rings. The van der Waals surface area contributed by atoms with Crippen LogP contribution in [0.1, 0.15) is 21.6 Å². The van der Waals surface area contributed by atoms with Crippen LogP contribution in [0.2, 0.25) is 5.02 Å². The number of ether oxygens (including phenoxy) is 1. The average molecular weight is 370 g/mol. The Kier molecular flexibility index (Phi) is 5.58. The van der Waals surface area contributed by atoms with E-state index in [9.17, 15) is 4.79 Å². The summed E-state index contributed by atoms with van der Waals surface area (Å²) in [5.74, 6) is 0.641. The van der Waals surface area contributed by atoms with Crippen molar-refractivity contribution in [2.45, 2.75) is 13.2 Å². The van der Waals surface area contributed by atoms with Crippen LogP contribution in [0.15, 0.2) is 60.8 Å². The van der Waals surface area contributed by atoms with Gasteiger partial charge in [-0.1, -0.05) is 29.8 Å². The van der Waals surface area contributed by atoms with Gasteiger partial charge in [-0.2, -0.15) is 5.10 Å². The molecule has 0 aliphatic carbocycles. The van der Waals surface area contributed by atoms with E-state index in [4.69, 9.17) is 16.3 Å². The van der Waals surface area contributed by atoms with Gasteiger partial charge in [0, 0.05) is 30.9 Å². The molecule has 2 aromatic carbocycles. The monoisotopic (exact) mass is 369 g/mol. The molecule has 0 bridgehead atoms. The van der Waals surface area contributed by atoms with E-state index in [1.165, 1.54) is 0 Å². The zero-order chi connectivity index (χ0) is 18.5. The number of benzene rings is 2. The molecule has 3 rings (SSSR count). The molecule has 3 aromatic rings. The van der Waals surface area contributed by atoms with E-state index in [0.29, 0.717) is 29.5 Å². The smallest absolute Gasteiger partial charge is 0.253 e. The first-order valence-corrected chi connectivity index (χ1v) is 8.60. The fourth-order valence-electron chi connectivity index (χ4n) is 2.60. The van der Waals surface area contributed by atoms with E-state index in [1.807, 2.05) is 49.6 Å².